The lowest BCUT2D eigenvalue weighted by molar-refractivity contribution is 1.33. The van der Waals surface area contributed by atoms with Gasteiger partial charge in [0.05, 0.1) is 0 Å². The second-order valence-corrected chi connectivity index (χ2v) is 8.38. The Morgan fingerprint density at radius 3 is 1.58 bits per heavy atom. The van der Waals surface area contributed by atoms with Crippen molar-refractivity contribution in [1.82, 2.24) is 0 Å². The van der Waals surface area contributed by atoms with Crippen LogP contribution >= 0.6 is 0 Å². The number of hydrogen-bond acceptors (Lipinski definition) is 0. The summed E-state index contributed by atoms with van der Waals surface area (Å²) in [6, 6.07) is 21.5. The molecule has 2 rings (SSSR count). The summed E-state index contributed by atoms with van der Waals surface area (Å²) in [5, 5.41) is 2.67. The van der Waals surface area contributed by atoms with E-state index in [1.54, 1.807) is 0 Å². The molecule has 19 heavy (non-hydrogen) atoms. The van der Waals surface area contributed by atoms with Crippen molar-refractivity contribution in [2.45, 2.75) is 24.4 Å². The molecule has 0 saturated carbocycles. The zero-order valence-electron chi connectivity index (χ0n) is 11.8. The molecule has 0 bridgehead atoms. The Bertz CT molecular complexity index is 468. The topological polar surface area (TPSA) is 0 Å². The Hall–Kier alpha value is -1.29. The summed E-state index contributed by atoms with van der Waals surface area (Å²) in [5.41, 5.74) is 4.10. The summed E-state index contributed by atoms with van der Waals surface area (Å²) in [4.78, 5) is 2.57. The zero-order chi connectivity index (χ0) is 13.5. The minimum absolute atomic E-state index is 0.752. The van der Waals surface area contributed by atoms with Crippen molar-refractivity contribution in [2.75, 3.05) is 0 Å². The lowest BCUT2D eigenvalue weighted by Gasteiger charge is -2.11. The molecule has 96 valence electrons. The minimum atomic E-state index is -0.752. The van der Waals surface area contributed by atoms with Gasteiger partial charge in [-0.15, -0.1) is 4.94 Å². The predicted molar refractivity (Wildman–Crippen MR) is 86.7 cm³/mol. The highest BCUT2D eigenvalue weighted by atomic mass is 27.2. The van der Waals surface area contributed by atoms with Crippen LogP contribution in [0.4, 0.5) is 0 Å². The van der Waals surface area contributed by atoms with Crippen LogP contribution in [0.2, 0.25) is 10.6 Å². The van der Waals surface area contributed by atoms with Crippen LogP contribution in [-0.4, -0.2) is 14.1 Å². The molecule has 0 aromatic heterocycles. The van der Waals surface area contributed by atoms with Gasteiger partial charge in [-0.1, -0.05) is 85.1 Å². The van der Waals surface area contributed by atoms with Gasteiger partial charge in [0.2, 0.25) is 0 Å². The fourth-order valence-electron chi connectivity index (χ4n) is 2.35. The Balaban J connectivity index is 2.45. The van der Waals surface area contributed by atoms with Gasteiger partial charge < -0.3 is 0 Å². The molecule has 0 saturated heterocycles. The third-order valence-electron chi connectivity index (χ3n) is 3.62. The van der Waals surface area contributed by atoms with Gasteiger partial charge in [0.1, 0.15) is 0 Å². The molecule has 0 spiro atoms. The molecule has 0 aliphatic rings. The van der Waals surface area contributed by atoms with Gasteiger partial charge in [0.15, 0.2) is 0 Å². The molecule has 0 amide bonds. The first-order chi connectivity index (χ1) is 9.35. The van der Waals surface area contributed by atoms with E-state index in [2.05, 4.69) is 79.4 Å². The standard InChI is InChI=1S/C14H11.2C2H5.Al/c1-12(13-8-4-2-5-9-13)14-10-6-3-7-11-14;2*1-2;/h1-11H;2*1H2,2H3;. The Morgan fingerprint density at radius 1 is 0.789 bits per heavy atom. The molecule has 2 aromatic carbocycles. The monoisotopic (exact) mass is 264 g/mol. The Kier molecular flexibility index (Phi) is 5.46. The summed E-state index contributed by atoms with van der Waals surface area (Å²) in [5.74, 6) is 0. The number of rotatable bonds is 5. The summed E-state index contributed by atoms with van der Waals surface area (Å²) >= 11 is -0.752. The van der Waals surface area contributed by atoms with Crippen LogP contribution in [0.15, 0.2) is 65.6 Å². The van der Waals surface area contributed by atoms with Crippen LogP contribution in [-0.2, 0) is 0 Å². The summed E-state index contributed by atoms with van der Waals surface area (Å²) < 4.78 is 0. The molecule has 0 fully saturated rings. The first kappa shape index (κ1) is 14.1. The predicted octanol–water partition coefficient (Wildman–Crippen LogP) is 5.19. The quantitative estimate of drug-likeness (QED) is 0.652. The van der Waals surface area contributed by atoms with Crippen LogP contribution in [0.1, 0.15) is 25.0 Å². The van der Waals surface area contributed by atoms with E-state index in [0.717, 1.165) is 0 Å². The molecule has 0 heterocycles. The van der Waals surface area contributed by atoms with Crippen LogP contribution in [0.3, 0.4) is 0 Å². The van der Waals surface area contributed by atoms with Gasteiger partial charge in [-0.2, -0.15) is 0 Å². The number of hydrogen-bond donors (Lipinski definition) is 0. The maximum absolute atomic E-state index is 2.57. The molecule has 0 unspecified atom stereocenters. The van der Waals surface area contributed by atoms with E-state index in [0.29, 0.717) is 0 Å². The summed E-state index contributed by atoms with van der Waals surface area (Å²) in [7, 11) is 0. The van der Waals surface area contributed by atoms with Crippen molar-refractivity contribution in [1.29, 1.82) is 0 Å². The van der Waals surface area contributed by atoms with E-state index >= 15 is 0 Å². The first-order valence-electron chi connectivity index (χ1n) is 7.17. The summed E-state index contributed by atoms with van der Waals surface area (Å²) in [6.07, 6.45) is 0. The maximum Gasteiger partial charge on any atom is 0.295 e. The van der Waals surface area contributed by atoms with Crippen LogP contribution in [0.5, 0.6) is 0 Å². The zero-order valence-corrected chi connectivity index (χ0v) is 13.0. The molecule has 2 aromatic rings. The molecule has 0 radical (unpaired) electrons. The lowest BCUT2D eigenvalue weighted by atomic mass is 10.00. The normalized spacial score (nSPS) is 10.0. The van der Waals surface area contributed by atoms with E-state index in [4.69, 9.17) is 0 Å². The minimum Gasteiger partial charge on any atom is -0.136 e. The first-order valence-corrected chi connectivity index (χ1v) is 9.47. The van der Waals surface area contributed by atoms with E-state index in [-0.39, 0.29) is 0 Å². The lowest BCUT2D eigenvalue weighted by Crippen LogP contribution is -2.06. The van der Waals surface area contributed by atoms with Crippen LogP contribution in [0.25, 0.3) is 5.57 Å². The average Bonchev–Trinajstić information content (AvgIpc) is 2.50. The van der Waals surface area contributed by atoms with E-state index in [1.165, 1.54) is 27.3 Å². The van der Waals surface area contributed by atoms with Crippen LogP contribution in [0, 0.1) is 0 Å². The van der Waals surface area contributed by atoms with Crippen molar-refractivity contribution in [3.63, 3.8) is 0 Å². The highest BCUT2D eigenvalue weighted by Gasteiger charge is 2.12. The second kappa shape index (κ2) is 7.34. The van der Waals surface area contributed by atoms with Crippen molar-refractivity contribution in [2.24, 2.45) is 0 Å². The van der Waals surface area contributed by atoms with Gasteiger partial charge in [-0.3, -0.25) is 0 Å². The average molecular weight is 264 g/mol. The third kappa shape index (κ3) is 3.84. The van der Waals surface area contributed by atoms with E-state index in [1.807, 2.05) is 0 Å². The van der Waals surface area contributed by atoms with Gasteiger partial charge in [-0.25, -0.2) is 0 Å². The molecule has 0 aliphatic heterocycles. The van der Waals surface area contributed by atoms with E-state index in [9.17, 15) is 0 Å². The largest absolute Gasteiger partial charge is 0.295 e. The van der Waals surface area contributed by atoms with Gasteiger partial charge in [0, 0.05) is 0 Å². The van der Waals surface area contributed by atoms with Crippen LogP contribution < -0.4 is 0 Å². The SMILES string of the molecule is C[CH2][Al]([CH]=C(c1ccccc1)c1ccccc1)[CH2]C. The second-order valence-electron chi connectivity index (χ2n) is 4.89. The Labute approximate surface area is 121 Å². The van der Waals surface area contributed by atoms with Crippen molar-refractivity contribution < 1.29 is 0 Å². The van der Waals surface area contributed by atoms with Gasteiger partial charge >= 0.3 is 0 Å². The smallest absolute Gasteiger partial charge is 0.136 e. The van der Waals surface area contributed by atoms with Gasteiger partial charge in [0.25, 0.3) is 14.1 Å². The molecule has 0 N–H and O–H groups in total. The third-order valence-corrected chi connectivity index (χ3v) is 6.52. The molecule has 0 nitrogen and oxygen atoms in total. The molecule has 0 atom stereocenters. The number of benzene rings is 2. The Morgan fingerprint density at radius 2 is 1.21 bits per heavy atom. The molecular formula is C18H21Al. The fourth-order valence-corrected chi connectivity index (χ4v) is 4.26. The summed E-state index contributed by atoms with van der Waals surface area (Å²) in [6.45, 7) is 4.65. The van der Waals surface area contributed by atoms with Crippen molar-refractivity contribution >= 4 is 19.7 Å². The van der Waals surface area contributed by atoms with Crippen molar-refractivity contribution in [3.05, 3.63) is 76.7 Å². The highest BCUT2D eigenvalue weighted by molar-refractivity contribution is 6.65. The van der Waals surface area contributed by atoms with Gasteiger partial charge in [-0.05, 0) is 16.7 Å². The molecule has 1 heteroatoms. The van der Waals surface area contributed by atoms with E-state index < -0.39 is 14.1 Å². The highest BCUT2D eigenvalue weighted by Crippen LogP contribution is 2.24. The molecule has 0 aliphatic carbocycles. The molecular weight excluding hydrogens is 243 g/mol. The maximum atomic E-state index is 2.57. The fraction of sp³-hybridized carbons (Fsp3) is 0.222. The van der Waals surface area contributed by atoms with Crippen molar-refractivity contribution in [3.8, 4) is 0 Å².